The highest BCUT2D eigenvalue weighted by Crippen LogP contribution is 2.21. The number of aromatic nitrogens is 1. The second-order valence-electron chi connectivity index (χ2n) is 7.36. The molecule has 1 aromatic heterocycles. The van der Waals surface area contributed by atoms with Gasteiger partial charge in [-0.1, -0.05) is 38.1 Å². The Morgan fingerprint density at radius 3 is 2.55 bits per heavy atom. The van der Waals surface area contributed by atoms with Crippen molar-refractivity contribution in [2.75, 3.05) is 33.8 Å². The quantitative estimate of drug-likeness (QED) is 0.241. The third-order valence-electron chi connectivity index (χ3n) is 5.07. The fourth-order valence-corrected chi connectivity index (χ4v) is 4.01. The van der Waals surface area contributed by atoms with Gasteiger partial charge in [-0.15, -0.1) is 35.3 Å². The second kappa shape index (κ2) is 14.8. The van der Waals surface area contributed by atoms with Gasteiger partial charge < -0.3 is 15.0 Å². The van der Waals surface area contributed by atoms with Crippen molar-refractivity contribution >= 4 is 41.3 Å². The van der Waals surface area contributed by atoms with Gasteiger partial charge >= 0.3 is 0 Å². The maximum Gasteiger partial charge on any atom is 0.194 e. The second-order valence-corrected chi connectivity index (χ2v) is 8.25. The van der Waals surface area contributed by atoms with E-state index in [2.05, 4.69) is 72.6 Å². The summed E-state index contributed by atoms with van der Waals surface area (Å²) in [4.78, 5) is 14.1. The minimum absolute atomic E-state index is 0. The number of nitrogens with zero attached hydrogens (tertiary/aromatic N) is 4. The maximum atomic E-state index is 5.37. The summed E-state index contributed by atoms with van der Waals surface area (Å²) in [5.74, 6) is 0.890. The number of ether oxygens (including phenoxy) is 1. The van der Waals surface area contributed by atoms with Gasteiger partial charge in [-0.3, -0.25) is 4.90 Å². The Morgan fingerprint density at radius 2 is 1.90 bits per heavy atom. The minimum atomic E-state index is 0. The van der Waals surface area contributed by atoms with E-state index in [4.69, 9.17) is 14.7 Å². The molecule has 0 aliphatic heterocycles. The first kappa shape index (κ1) is 27.8. The molecule has 1 unspecified atom stereocenters. The van der Waals surface area contributed by atoms with E-state index in [0.717, 1.165) is 42.8 Å². The number of hydrogen-bond acceptors (Lipinski definition) is 5. The number of benzene rings is 1. The molecule has 8 heteroatoms. The largest absolute Gasteiger partial charge is 0.375 e. The molecule has 6 nitrogen and oxygen atoms in total. The topological polar surface area (TPSA) is 53.0 Å². The lowest BCUT2D eigenvalue weighted by Gasteiger charge is -2.21. The van der Waals surface area contributed by atoms with E-state index in [-0.39, 0.29) is 30.1 Å². The van der Waals surface area contributed by atoms with Crippen molar-refractivity contribution in [3.63, 3.8) is 0 Å². The maximum absolute atomic E-state index is 5.37. The van der Waals surface area contributed by atoms with Crippen LogP contribution in [0, 0.1) is 0 Å². The Morgan fingerprint density at radius 1 is 1.19 bits per heavy atom. The fourth-order valence-electron chi connectivity index (χ4n) is 3.17. The van der Waals surface area contributed by atoms with Crippen LogP contribution < -0.4 is 5.32 Å². The molecule has 0 saturated heterocycles. The number of guanidine groups is 1. The molecule has 2 aromatic rings. The van der Waals surface area contributed by atoms with Crippen molar-refractivity contribution in [2.45, 2.75) is 53.4 Å². The number of methoxy groups -OCH3 is 1. The van der Waals surface area contributed by atoms with Gasteiger partial charge in [0.1, 0.15) is 11.1 Å². The molecule has 0 radical (unpaired) electrons. The molecule has 31 heavy (non-hydrogen) atoms. The van der Waals surface area contributed by atoms with Crippen LogP contribution in [0.15, 0.2) is 34.6 Å². The van der Waals surface area contributed by atoms with Crippen molar-refractivity contribution in [3.05, 3.63) is 51.5 Å². The Kier molecular flexibility index (Phi) is 13.2. The van der Waals surface area contributed by atoms with Crippen LogP contribution in [0.1, 0.15) is 55.6 Å². The van der Waals surface area contributed by atoms with E-state index in [1.54, 1.807) is 18.4 Å². The number of aliphatic imine (C=N–C) groups is 1. The molecule has 2 rings (SSSR count). The van der Waals surface area contributed by atoms with Gasteiger partial charge in [0.2, 0.25) is 0 Å². The van der Waals surface area contributed by atoms with E-state index >= 15 is 0 Å². The zero-order chi connectivity index (χ0) is 21.9. The van der Waals surface area contributed by atoms with E-state index in [0.29, 0.717) is 13.1 Å². The number of rotatable bonds is 11. The van der Waals surface area contributed by atoms with E-state index < -0.39 is 0 Å². The molecule has 1 heterocycles. The Bertz CT molecular complexity index is 794. The van der Waals surface area contributed by atoms with Crippen molar-refractivity contribution in [1.29, 1.82) is 0 Å². The zero-order valence-electron chi connectivity index (χ0n) is 19.7. The van der Waals surface area contributed by atoms with Crippen molar-refractivity contribution in [2.24, 2.45) is 4.99 Å². The smallest absolute Gasteiger partial charge is 0.194 e. The van der Waals surface area contributed by atoms with Gasteiger partial charge in [0.25, 0.3) is 0 Å². The summed E-state index contributed by atoms with van der Waals surface area (Å²) >= 11 is 1.64. The minimum Gasteiger partial charge on any atom is -0.375 e. The van der Waals surface area contributed by atoms with Gasteiger partial charge in [-0.2, -0.15) is 0 Å². The van der Waals surface area contributed by atoms with Crippen LogP contribution in [0.4, 0.5) is 0 Å². The Hall–Kier alpha value is -1.23. The Labute approximate surface area is 209 Å². The summed E-state index contributed by atoms with van der Waals surface area (Å²) in [5.41, 5.74) is 3.61. The van der Waals surface area contributed by atoms with Crippen LogP contribution in [0.2, 0.25) is 0 Å². The lowest BCUT2D eigenvalue weighted by atomic mass is 10.1. The molecule has 0 aliphatic carbocycles. The predicted molar refractivity (Wildman–Crippen MR) is 142 cm³/mol. The molecular formula is C23H38IN5OS. The fraction of sp³-hybridized carbons (Fsp3) is 0.565. The average Bonchev–Trinajstić information content (AvgIpc) is 3.23. The third-order valence-corrected chi connectivity index (χ3v) is 6.12. The van der Waals surface area contributed by atoms with Crippen molar-refractivity contribution in [3.8, 4) is 0 Å². The summed E-state index contributed by atoms with van der Waals surface area (Å²) in [6.45, 7) is 13.8. The van der Waals surface area contributed by atoms with Gasteiger partial charge in [-0.05, 0) is 38.1 Å². The number of halogens is 1. The summed E-state index contributed by atoms with van der Waals surface area (Å²) < 4.78 is 5.37. The molecular weight excluding hydrogens is 521 g/mol. The molecule has 0 aliphatic rings. The molecule has 0 fully saturated rings. The number of hydrogen-bond donors (Lipinski definition) is 1. The van der Waals surface area contributed by atoms with Crippen LogP contribution in [-0.4, -0.2) is 54.5 Å². The summed E-state index contributed by atoms with van der Waals surface area (Å²) in [5, 5.41) is 6.50. The van der Waals surface area contributed by atoms with Crippen LogP contribution in [0.25, 0.3) is 0 Å². The highest BCUT2D eigenvalue weighted by Gasteiger charge is 2.13. The van der Waals surface area contributed by atoms with Gasteiger partial charge in [0.15, 0.2) is 5.96 Å². The van der Waals surface area contributed by atoms with E-state index in [1.807, 2.05) is 6.92 Å². The highest BCUT2D eigenvalue weighted by molar-refractivity contribution is 14.0. The molecule has 0 spiro atoms. The lowest BCUT2D eigenvalue weighted by molar-refractivity contribution is 0.119. The summed E-state index contributed by atoms with van der Waals surface area (Å²) in [6, 6.07) is 8.75. The van der Waals surface area contributed by atoms with E-state index in [9.17, 15) is 0 Å². The van der Waals surface area contributed by atoms with Crippen LogP contribution in [0.3, 0.4) is 0 Å². The van der Waals surface area contributed by atoms with Gasteiger partial charge in [-0.25, -0.2) is 9.98 Å². The normalized spacial score (nSPS) is 12.5. The van der Waals surface area contributed by atoms with Crippen LogP contribution in [0.5, 0.6) is 0 Å². The zero-order valence-corrected chi connectivity index (χ0v) is 22.9. The molecule has 0 bridgehead atoms. The number of nitrogens with one attached hydrogen (secondary N) is 1. The summed E-state index contributed by atoms with van der Waals surface area (Å²) in [6.07, 6.45) is 0.0274. The van der Waals surface area contributed by atoms with Crippen LogP contribution >= 0.6 is 35.3 Å². The molecule has 174 valence electrons. The molecule has 1 N–H and O–H groups in total. The van der Waals surface area contributed by atoms with E-state index in [1.165, 1.54) is 11.1 Å². The highest BCUT2D eigenvalue weighted by atomic mass is 127. The molecule has 0 amide bonds. The monoisotopic (exact) mass is 559 g/mol. The van der Waals surface area contributed by atoms with Gasteiger partial charge in [0.05, 0.1) is 18.8 Å². The number of thiazole rings is 1. The predicted octanol–water partition coefficient (Wildman–Crippen LogP) is 4.91. The SMILES string of the molecule is CCNC(=NCc1cccc(CN(CC)CC)c1)N(C)Cc1csc(C(C)OC)n1.I. The standard InChI is InChI=1S/C23H37N5OS.HI/c1-7-24-23(27(5)16-21-17-30-22(26-21)18(4)29-6)25-14-19-11-10-12-20(13-19)15-28(8-2)9-3;/h10-13,17-18H,7-9,14-16H2,1-6H3,(H,24,25);1H. The first-order chi connectivity index (χ1) is 14.5. The molecule has 0 saturated carbocycles. The molecule has 1 aromatic carbocycles. The first-order valence-corrected chi connectivity index (χ1v) is 11.6. The van der Waals surface area contributed by atoms with Crippen molar-refractivity contribution in [1.82, 2.24) is 20.1 Å². The molecule has 1 atom stereocenters. The van der Waals surface area contributed by atoms with Gasteiger partial charge in [0, 0.05) is 32.6 Å². The summed E-state index contributed by atoms with van der Waals surface area (Å²) in [7, 11) is 3.77. The van der Waals surface area contributed by atoms with Crippen LogP contribution in [-0.2, 0) is 24.4 Å². The third kappa shape index (κ3) is 9.03. The Balaban J connectivity index is 0.00000480. The lowest BCUT2D eigenvalue weighted by Crippen LogP contribution is -2.38. The average molecular weight is 560 g/mol. The first-order valence-electron chi connectivity index (χ1n) is 10.8. The van der Waals surface area contributed by atoms with Crippen molar-refractivity contribution < 1.29 is 4.74 Å².